The lowest BCUT2D eigenvalue weighted by Gasteiger charge is -2.13. The molecule has 30 heavy (non-hydrogen) atoms. The molecular weight excluding hydrogens is 382 g/mol. The van der Waals surface area contributed by atoms with Crippen LogP contribution < -0.4 is 14.8 Å². The van der Waals surface area contributed by atoms with E-state index in [2.05, 4.69) is 41.2 Å². The summed E-state index contributed by atoms with van der Waals surface area (Å²) >= 11 is 0. The van der Waals surface area contributed by atoms with Gasteiger partial charge in [-0.2, -0.15) is 9.78 Å². The first-order valence-electron chi connectivity index (χ1n) is 9.70. The number of hydrogen-bond donors (Lipinski definition) is 1. The van der Waals surface area contributed by atoms with Crippen LogP contribution in [0, 0.1) is 0 Å². The molecule has 2 aromatic heterocycles. The minimum absolute atomic E-state index is 0.123. The van der Waals surface area contributed by atoms with Gasteiger partial charge in [0, 0.05) is 30.3 Å². The average molecular weight is 409 g/mol. The zero-order valence-electron chi connectivity index (χ0n) is 18.0. The topological polar surface area (TPSA) is 91.2 Å². The molecule has 0 radical (unpaired) electrons. The molecule has 0 bridgehead atoms. The lowest BCUT2D eigenvalue weighted by Crippen LogP contribution is -2.16. The molecular formula is C22H27N5O3. The Labute approximate surface area is 176 Å². The van der Waals surface area contributed by atoms with E-state index in [1.54, 1.807) is 37.4 Å². The first-order valence-corrected chi connectivity index (χ1v) is 9.70. The molecule has 0 saturated carbocycles. The van der Waals surface area contributed by atoms with Gasteiger partial charge in [0.05, 0.1) is 19.9 Å². The van der Waals surface area contributed by atoms with Crippen LogP contribution in [-0.4, -0.2) is 39.9 Å². The minimum atomic E-state index is -0.181. The van der Waals surface area contributed by atoms with Crippen LogP contribution in [0.5, 0.6) is 11.5 Å². The van der Waals surface area contributed by atoms with Crippen LogP contribution in [0.25, 0.3) is 5.95 Å². The van der Waals surface area contributed by atoms with Crippen LogP contribution in [0.15, 0.2) is 42.7 Å². The van der Waals surface area contributed by atoms with Crippen molar-refractivity contribution in [1.29, 1.82) is 0 Å². The molecule has 158 valence electrons. The number of methoxy groups -OCH3 is 2. The van der Waals surface area contributed by atoms with E-state index >= 15 is 0 Å². The van der Waals surface area contributed by atoms with Crippen molar-refractivity contribution in [2.75, 3.05) is 19.5 Å². The summed E-state index contributed by atoms with van der Waals surface area (Å²) in [6, 6.07) is 9.24. The zero-order valence-corrected chi connectivity index (χ0v) is 18.0. The second-order valence-electron chi connectivity index (χ2n) is 7.86. The number of carbonyl (C=O) groups excluding carboxylic acids is 1. The second-order valence-corrected chi connectivity index (χ2v) is 7.86. The molecule has 0 aliphatic heterocycles. The van der Waals surface area contributed by atoms with Crippen molar-refractivity contribution in [2.24, 2.45) is 0 Å². The Morgan fingerprint density at radius 1 is 1.07 bits per heavy atom. The van der Waals surface area contributed by atoms with Crippen molar-refractivity contribution in [3.05, 3.63) is 54.0 Å². The first-order chi connectivity index (χ1) is 14.3. The molecule has 0 aliphatic rings. The van der Waals surface area contributed by atoms with Gasteiger partial charge in [-0.15, -0.1) is 0 Å². The summed E-state index contributed by atoms with van der Waals surface area (Å²) in [5, 5.41) is 7.56. The van der Waals surface area contributed by atoms with E-state index in [0.29, 0.717) is 36.1 Å². The smallest absolute Gasteiger partial charge is 0.252 e. The maximum atomic E-state index is 12.7. The quantitative estimate of drug-likeness (QED) is 0.642. The van der Waals surface area contributed by atoms with Crippen molar-refractivity contribution in [3.8, 4) is 17.4 Å². The molecule has 1 N–H and O–H groups in total. The Bertz CT molecular complexity index is 1010. The molecule has 8 nitrogen and oxygen atoms in total. The molecule has 2 heterocycles. The van der Waals surface area contributed by atoms with Gasteiger partial charge in [0.2, 0.25) is 5.91 Å². The largest absolute Gasteiger partial charge is 0.493 e. The molecule has 8 heteroatoms. The second kappa shape index (κ2) is 8.94. The molecule has 1 aromatic carbocycles. The summed E-state index contributed by atoms with van der Waals surface area (Å²) in [7, 11) is 3.18. The Morgan fingerprint density at radius 2 is 1.77 bits per heavy atom. The number of amides is 1. The van der Waals surface area contributed by atoms with E-state index in [0.717, 1.165) is 11.3 Å². The Balaban J connectivity index is 1.75. The fourth-order valence-electron chi connectivity index (χ4n) is 2.89. The number of anilines is 1. The summed E-state index contributed by atoms with van der Waals surface area (Å²) in [5.74, 6) is 2.13. The summed E-state index contributed by atoms with van der Waals surface area (Å²) < 4.78 is 12.1. The van der Waals surface area contributed by atoms with Crippen LogP contribution in [0.3, 0.4) is 0 Å². The van der Waals surface area contributed by atoms with Gasteiger partial charge in [0.1, 0.15) is 5.82 Å². The Hall–Kier alpha value is -3.42. The monoisotopic (exact) mass is 409 g/mol. The molecule has 0 spiro atoms. The lowest BCUT2D eigenvalue weighted by molar-refractivity contribution is -0.116. The third kappa shape index (κ3) is 4.94. The van der Waals surface area contributed by atoms with Gasteiger partial charge in [-0.05, 0) is 30.2 Å². The highest BCUT2D eigenvalue weighted by atomic mass is 16.5. The van der Waals surface area contributed by atoms with Crippen LogP contribution in [-0.2, 0) is 16.6 Å². The summed E-state index contributed by atoms with van der Waals surface area (Å²) in [4.78, 5) is 21.2. The normalized spacial score (nSPS) is 11.2. The SMILES string of the molecule is COc1ccc(CCC(=O)Nc2cc(C(C)(C)C)nn2-c2ncccn2)cc1OC. The van der Waals surface area contributed by atoms with Gasteiger partial charge in [-0.1, -0.05) is 26.8 Å². The van der Waals surface area contributed by atoms with Crippen molar-refractivity contribution in [1.82, 2.24) is 19.7 Å². The van der Waals surface area contributed by atoms with Gasteiger partial charge in [-0.3, -0.25) is 4.79 Å². The molecule has 0 atom stereocenters. The van der Waals surface area contributed by atoms with E-state index in [4.69, 9.17) is 9.47 Å². The number of aryl methyl sites for hydroxylation is 1. The Morgan fingerprint density at radius 3 is 2.40 bits per heavy atom. The zero-order chi connectivity index (χ0) is 21.7. The predicted octanol–water partition coefficient (Wildman–Crippen LogP) is 3.55. The van der Waals surface area contributed by atoms with Crippen molar-refractivity contribution in [2.45, 2.75) is 39.0 Å². The molecule has 0 unspecified atom stereocenters. The fraction of sp³-hybridized carbons (Fsp3) is 0.364. The minimum Gasteiger partial charge on any atom is -0.493 e. The highest BCUT2D eigenvalue weighted by molar-refractivity contribution is 5.90. The maximum absolute atomic E-state index is 12.7. The molecule has 1 amide bonds. The predicted molar refractivity (Wildman–Crippen MR) is 114 cm³/mol. The highest BCUT2D eigenvalue weighted by Gasteiger charge is 2.22. The lowest BCUT2D eigenvalue weighted by atomic mass is 9.92. The highest BCUT2D eigenvalue weighted by Crippen LogP contribution is 2.28. The Kier molecular flexibility index (Phi) is 6.34. The molecule has 3 aromatic rings. The third-order valence-electron chi connectivity index (χ3n) is 4.58. The number of rotatable bonds is 7. The number of nitrogens with one attached hydrogen (secondary N) is 1. The van der Waals surface area contributed by atoms with Gasteiger partial charge in [-0.25, -0.2) is 9.97 Å². The number of aromatic nitrogens is 4. The number of benzene rings is 1. The van der Waals surface area contributed by atoms with Gasteiger partial charge >= 0.3 is 0 Å². The van der Waals surface area contributed by atoms with Crippen molar-refractivity contribution < 1.29 is 14.3 Å². The summed E-state index contributed by atoms with van der Waals surface area (Å²) in [5.41, 5.74) is 1.64. The molecule has 0 aliphatic carbocycles. The molecule has 0 fully saturated rings. The van der Waals surface area contributed by atoms with Crippen LogP contribution in [0.1, 0.15) is 38.4 Å². The number of nitrogens with zero attached hydrogens (tertiary/aromatic N) is 4. The van der Waals surface area contributed by atoms with Crippen LogP contribution in [0.2, 0.25) is 0 Å². The van der Waals surface area contributed by atoms with Crippen LogP contribution in [0.4, 0.5) is 5.82 Å². The first kappa shape index (κ1) is 21.3. The number of hydrogen-bond acceptors (Lipinski definition) is 6. The average Bonchev–Trinajstić information content (AvgIpc) is 3.17. The fourth-order valence-corrected chi connectivity index (χ4v) is 2.89. The van der Waals surface area contributed by atoms with Gasteiger partial charge in [0.25, 0.3) is 5.95 Å². The third-order valence-corrected chi connectivity index (χ3v) is 4.58. The summed E-state index contributed by atoms with van der Waals surface area (Å²) in [6.45, 7) is 6.19. The number of ether oxygens (including phenoxy) is 2. The van der Waals surface area contributed by atoms with Gasteiger partial charge < -0.3 is 14.8 Å². The maximum Gasteiger partial charge on any atom is 0.252 e. The van der Waals surface area contributed by atoms with E-state index in [9.17, 15) is 4.79 Å². The number of carbonyl (C=O) groups is 1. The van der Waals surface area contributed by atoms with E-state index in [-0.39, 0.29) is 11.3 Å². The molecule has 3 rings (SSSR count). The van der Waals surface area contributed by atoms with Crippen molar-refractivity contribution in [3.63, 3.8) is 0 Å². The van der Waals surface area contributed by atoms with Gasteiger partial charge in [0.15, 0.2) is 11.5 Å². The van der Waals surface area contributed by atoms with Crippen LogP contribution >= 0.6 is 0 Å². The summed E-state index contributed by atoms with van der Waals surface area (Å²) in [6.07, 6.45) is 4.16. The molecule has 0 saturated heterocycles. The van der Waals surface area contributed by atoms with Crippen molar-refractivity contribution >= 4 is 11.7 Å². The van der Waals surface area contributed by atoms with E-state index in [1.807, 2.05) is 24.3 Å². The standard InChI is InChI=1S/C22H27N5O3/c1-22(2,3)18-14-19(27(26-18)21-23-11-6-12-24-21)25-20(28)10-8-15-7-9-16(29-4)17(13-15)30-5/h6-7,9,11-14H,8,10H2,1-5H3,(H,25,28). The van der Waals surface area contributed by atoms with E-state index in [1.165, 1.54) is 0 Å². The van der Waals surface area contributed by atoms with E-state index < -0.39 is 0 Å².